The molecule has 3 heteroatoms. The molecule has 0 fully saturated rings. The van der Waals surface area contributed by atoms with Crippen LogP contribution < -0.4 is 10.2 Å². The zero-order valence-electron chi connectivity index (χ0n) is 9.27. The minimum absolute atomic E-state index is 0.0771. The number of fused-ring (bicyclic) bond motifs is 2. The first-order valence-corrected chi connectivity index (χ1v) is 6.11. The molecule has 1 aromatic heterocycles. The molecule has 0 amide bonds. The number of methoxy groups -OCH3 is 1. The predicted molar refractivity (Wildman–Crippen MR) is 72.2 cm³/mol. The van der Waals surface area contributed by atoms with Gasteiger partial charge < -0.3 is 4.74 Å². The molecule has 17 heavy (non-hydrogen) atoms. The summed E-state index contributed by atoms with van der Waals surface area (Å²) < 4.78 is 7.21. The van der Waals surface area contributed by atoms with E-state index in [2.05, 4.69) is 0 Å². The van der Waals surface area contributed by atoms with Crippen molar-refractivity contribution in [3.63, 3.8) is 0 Å². The summed E-state index contributed by atoms with van der Waals surface area (Å²) in [5.41, 5.74) is 0.0771. The van der Waals surface area contributed by atoms with Gasteiger partial charge in [0.1, 0.15) is 5.75 Å². The van der Waals surface area contributed by atoms with Crippen molar-refractivity contribution < 1.29 is 4.74 Å². The van der Waals surface area contributed by atoms with Crippen LogP contribution in [0.4, 0.5) is 0 Å². The van der Waals surface area contributed by atoms with E-state index >= 15 is 0 Å². The normalized spacial score (nSPS) is 10.9. The fourth-order valence-corrected chi connectivity index (χ4v) is 3.12. The second-order valence-electron chi connectivity index (χ2n) is 3.76. The van der Waals surface area contributed by atoms with Gasteiger partial charge in [-0.1, -0.05) is 18.2 Å². The zero-order valence-corrected chi connectivity index (χ0v) is 10.1. The van der Waals surface area contributed by atoms with E-state index in [0.29, 0.717) is 0 Å². The van der Waals surface area contributed by atoms with E-state index in [1.54, 1.807) is 18.4 Å². The molecular formula is C14H10O2S. The average Bonchev–Trinajstić information content (AvgIpc) is 2.38. The summed E-state index contributed by atoms with van der Waals surface area (Å²) in [5, 5.41) is 1.51. The molecule has 2 aromatic carbocycles. The minimum atomic E-state index is 0.0771. The number of ether oxygens (including phenoxy) is 1. The molecule has 3 aromatic rings. The van der Waals surface area contributed by atoms with Crippen LogP contribution in [0.2, 0.25) is 0 Å². The summed E-state index contributed by atoms with van der Waals surface area (Å²) in [5.74, 6) is 0.760. The predicted octanol–water partition coefficient (Wildman–Crippen LogP) is 3.42. The Kier molecular flexibility index (Phi) is 2.34. The van der Waals surface area contributed by atoms with Crippen molar-refractivity contribution in [3.8, 4) is 5.75 Å². The van der Waals surface area contributed by atoms with Gasteiger partial charge in [-0.05, 0) is 24.3 Å². The van der Waals surface area contributed by atoms with Crippen molar-refractivity contribution in [2.75, 3.05) is 7.11 Å². The lowest BCUT2D eigenvalue weighted by Gasteiger charge is -2.05. The van der Waals surface area contributed by atoms with Crippen LogP contribution in [-0.4, -0.2) is 7.11 Å². The van der Waals surface area contributed by atoms with Crippen molar-refractivity contribution in [3.05, 3.63) is 52.7 Å². The SMILES string of the molecule is COc1cccc2c(=O)c3ccccc3sc12. The lowest BCUT2D eigenvalue weighted by molar-refractivity contribution is 0.420. The Morgan fingerprint density at radius 2 is 1.76 bits per heavy atom. The van der Waals surface area contributed by atoms with Crippen molar-refractivity contribution in [2.24, 2.45) is 0 Å². The summed E-state index contributed by atoms with van der Waals surface area (Å²) in [4.78, 5) is 12.3. The van der Waals surface area contributed by atoms with E-state index in [4.69, 9.17) is 4.74 Å². The quantitative estimate of drug-likeness (QED) is 0.611. The maximum absolute atomic E-state index is 12.3. The van der Waals surface area contributed by atoms with E-state index in [1.165, 1.54) is 0 Å². The number of hydrogen-bond donors (Lipinski definition) is 0. The van der Waals surface area contributed by atoms with E-state index in [0.717, 1.165) is 25.9 Å². The molecule has 0 bridgehead atoms. The second kappa shape index (κ2) is 3.86. The lowest BCUT2D eigenvalue weighted by atomic mass is 10.2. The van der Waals surface area contributed by atoms with Gasteiger partial charge in [0.15, 0.2) is 5.43 Å². The highest BCUT2D eigenvalue weighted by Gasteiger charge is 2.08. The largest absolute Gasteiger partial charge is 0.495 e. The average molecular weight is 242 g/mol. The van der Waals surface area contributed by atoms with Crippen LogP contribution in [-0.2, 0) is 0 Å². The molecule has 0 spiro atoms. The smallest absolute Gasteiger partial charge is 0.196 e. The van der Waals surface area contributed by atoms with Gasteiger partial charge in [-0.15, -0.1) is 11.3 Å². The summed E-state index contributed by atoms with van der Waals surface area (Å²) in [6.45, 7) is 0. The second-order valence-corrected chi connectivity index (χ2v) is 4.82. The molecule has 84 valence electrons. The van der Waals surface area contributed by atoms with Gasteiger partial charge in [-0.25, -0.2) is 0 Å². The third-order valence-corrected chi connectivity index (χ3v) is 3.99. The summed E-state index contributed by atoms with van der Waals surface area (Å²) >= 11 is 1.59. The van der Waals surface area contributed by atoms with Gasteiger partial charge in [0.25, 0.3) is 0 Å². The Bertz CT molecular complexity index is 759. The van der Waals surface area contributed by atoms with E-state index < -0.39 is 0 Å². The fourth-order valence-electron chi connectivity index (χ4n) is 1.96. The van der Waals surface area contributed by atoms with Crippen LogP contribution in [0.3, 0.4) is 0 Å². The standard InChI is InChI=1S/C14H10O2S/c1-16-11-7-4-6-10-13(15)9-5-2-3-8-12(9)17-14(10)11/h2-8H,1H3. The van der Waals surface area contributed by atoms with Crippen LogP contribution in [0, 0.1) is 0 Å². The molecule has 0 aliphatic heterocycles. The molecule has 0 saturated carbocycles. The van der Waals surface area contributed by atoms with E-state index in [1.807, 2.05) is 42.5 Å². The van der Waals surface area contributed by atoms with Crippen molar-refractivity contribution >= 4 is 31.5 Å². The highest BCUT2D eigenvalue weighted by atomic mass is 32.1. The molecule has 0 unspecified atom stereocenters. The number of hydrogen-bond acceptors (Lipinski definition) is 3. The topological polar surface area (TPSA) is 26.3 Å². The first-order valence-electron chi connectivity index (χ1n) is 5.30. The first-order chi connectivity index (χ1) is 8.31. The Hall–Kier alpha value is -1.87. The summed E-state index contributed by atoms with van der Waals surface area (Å²) in [6, 6.07) is 13.3. The number of benzene rings is 2. The van der Waals surface area contributed by atoms with Crippen molar-refractivity contribution in [2.45, 2.75) is 0 Å². The van der Waals surface area contributed by atoms with Gasteiger partial charge in [-0.3, -0.25) is 4.79 Å². The third kappa shape index (κ3) is 1.51. The molecule has 0 saturated heterocycles. The van der Waals surface area contributed by atoms with Gasteiger partial charge in [0, 0.05) is 15.5 Å². The van der Waals surface area contributed by atoms with Crippen LogP contribution >= 0.6 is 11.3 Å². The Morgan fingerprint density at radius 1 is 1.00 bits per heavy atom. The van der Waals surface area contributed by atoms with Crippen molar-refractivity contribution in [1.82, 2.24) is 0 Å². The van der Waals surface area contributed by atoms with Crippen molar-refractivity contribution in [1.29, 1.82) is 0 Å². The van der Waals surface area contributed by atoms with E-state index in [-0.39, 0.29) is 5.43 Å². The first kappa shape index (κ1) is 10.3. The van der Waals surface area contributed by atoms with Gasteiger partial charge >= 0.3 is 0 Å². The highest BCUT2D eigenvalue weighted by molar-refractivity contribution is 7.24. The summed E-state index contributed by atoms with van der Waals surface area (Å²) in [6.07, 6.45) is 0. The molecule has 3 rings (SSSR count). The Balaban J connectivity index is 2.59. The minimum Gasteiger partial charge on any atom is -0.495 e. The molecule has 2 nitrogen and oxygen atoms in total. The van der Waals surface area contributed by atoms with Crippen LogP contribution in [0.25, 0.3) is 20.2 Å². The van der Waals surface area contributed by atoms with E-state index in [9.17, 15) is 4.79 Å². The Morgan fingerprint density at radius 3 is 2.59 bits per heavy atom. The van der Waals surface area contributed by atoms with Crippen LogP contribution in [0.5, 0.6) is 5.75 Å². The molecule has 0 atom stereocenters. The maximum Gasteiger partial charge on any atom is 0.196 e. The molecule has 0 aliphatic rings. The fraction of sp³-hybridized carbons (Fsp3) is 0.0714. The molecule has 1 heterocycles. The summed E-state index contributed by atoms with van der Waals surface area (Å²) in [7, 11) is 1.63. The maximum atomic E-state index is 12.3. The van der Waals surface area contributed by atoms with Gasteiger partial charge in [0.05, 0.1) is 11.8 Å². The monoisotopic (exact) mass is 242 g/mol. The third-order valence-electron chi connectivity index (χ3n) is 2.79. The molecule has 0 radical (unpaired) electrons. The number of rotatable bonds is 1. The molecule has 0 aliphatic carbocycles. The lowest BCUT2D eigenvalue weighted by Crippen LogP contribution is -2.01. The molecule has 0 N–H and O–H groups in total. The zero-order chi connectivity index (χ0) is 11.8. The molecular weight excluding hydrogens is 232 g/mol. The van der Waals surface area contributed by atoms with Gasteiger partial charge in [-0.2, -0.15) is 0 Å². The van der Waals surface area contributed by atoms with Gasteiger partial charge in [0.2, 0.25) is 0 Å². The Labute approximate surface area is 102 Å². The van der Waals surface area contributed by atoms with Crippen LogP contribution in [0.1, 0.15) is 0 Å². The van der Waals surface area contributed by atoms with Crippen LogP contribution in [0.15, 0.2) is 47.3 Å². The highest BCUT2D eigenvalue weighted by Crippen LogP contribution is 2.31.